The molecule has 1 aromatic carbocycles. The van der Waals surface area contributed by atoms with Crippen LogP contribution in [0.15, 0.2) is 41.6 Å². The maximum atomic E-state index is 11.8. The van der Waals surface area contributed by atoms with Crippen LogP contribution in [0.25, 0.3) is 0 Å². The number of benzene rings is 1. The molecule has 0 spiro atoms. The molecule has 112 valence electrons. The molecule has 2 N–H and O–H groups in total. The summed E-state index contributed by atoms with van der Waals surface area (Å²) in [5.41, 5.74) is 6.36. The van der Waals surface area contributed by atoms with Gasteiger partial charge in [0.25, 0.3) is 0 Å². The molecular weight excluding hydrogens is 310 g/mol. The van der Waals surface area contributed by atoms with Gasteiger partial charge in [-0.25, -0.2) is 9.97 Å². The van der Waals surface area contributed by atoms with Crippen molar-refractivity contribution in [2.45, 2.75) is 12.1 Å². The number of aryl methyl sites for hydroxylation is 1. The molecule has 0 bridgehead atoms. The summed E-state index contributed by atoms with van der Waals surface area (Å²) < 4.78 is 28.6. The van der Waals surface area contributed by atoms with Crippen molar-refractivity contribution in [3.8, 4) is 5.75 Å². The van der Waals surface area contributed by atoms with Crippen LogP contribution in [-0.2, 0) is 10.1 Å². The molecule has 8 heteroatoms. The summed E-state index contributed by atoms with van der Waals surface area (Å²) in [4.78, 5) is 8.21. The highest BCUT2D eigenvalue weighted by molar-refractivity contribution is 8.00. The molecule has 0 unspecified atom stereocenters. The molecule has 21 heavy (non-hydrogen) atoms. The number of thioether (sulfide) groups is 1. The summed E-state index contributed by atoms with van der Waals surface area (Å²) in [5, 5.41) is 0.461. The summed E-state index contributed by atoms with van der Waals surface area (Å²) >= 11 is 1.22. The second kappa shape index (κ2) is 6.77. The lowest BCUT2D eigenvalue weighted by molar-refractivity contribution is 0.488. The number of hydrogen-bond acceptors (Lipinski definition) is 7. The van der Waals surface area contributed by atoms with Gasteiger partial charge in [-0.15, -0.1) is 0 Å². The molecule has 0 aliphatic rings. The third-order valence-electron chi connectivity index (χ3n) is 2.38. The molecule has 0 amide bonds. The highest BCUT2D eigenvalue weighted by Gasteiger charge is 2.13. The maximum Gasteiger partial charge on any atom is 0.310 e. The van der Waals surface area contributed by atoms with E-state index >= 15 is 0 Å². The molecule has 2 aromatic rings. The Balaban J connectivity index is 1.90. The van der Waals surface area contributed by atoms with Gasteiger partial charge in [0.2, 0.25) is 0 Å². The third-order valence-corrected chi connectivity index (χ3v) is 4.64. The van der Waals surface area contributed by atoms with Gasteiger partial charge in [-0.05, 0) is 19.1 Å². The minimum absolute atomic E-state index is 0.135. The van der Waals surface area contributed by atoms with Gasteiger partial charge in [-0.2, -0.15) is 8.42 Å². The molecule has 0 saturated carbocycles. The second-order valence-corrected chi connectivity index (χ2v) is 6.98. The summed E-state index contributed by atoms with van der Waals surface area (Å²) in [7, 11) is -3.63. The number of nitrogens with zero attached hydrogens (tertiary/aromatic N) is 2. The largest absolute Gasteiger partial charge is 0.384 e. The fourth-order valence-electron chi connectivity index (χ4n) is 1.53. The summed E-state index contributed by atoms with van der Waals surface area (Å²) in [6, 6.07) is 10.0. The van der Waals surface area contributed by atoms with Gasteiger partial charge in [0.05, 0.1) is 5.75 Å². The van der Waals surface area contributed by atoms with E-state index in [0.717, 1.165) is 5.69 Å². The molecule has 6 nitrogen and oxygen atoms in total. The van der Waals surface area contributed by atoms with E-state index in [-0.39, 0.29) is 11.5 Å². The van der Waals surface area contributed by atoms with Crippen molar-refractivity contribution in [3.05, 3.63) is 42.1 Å². The summed E-state index contributed by atoms with van der Waals surface area (Å²) in [6.07, 6.45) is 0. The Labute approximate surface area is 127 Å². The van der Waals surface area contributed by atoms with Crippen molar-refractivity contribution in [1.29, 1.82) is 0 Å². The Hall–Kier alpha value is -1.80. The minimum Gasteiger partial charge on any atom is -0.384 e. The Morgan fingerprint density at radius 2 is 1.95 bits per heavy atom. The zero-order valence-electron chi connectivity index (χ0n) is 11.4. The van der Waals surface area contributed by atoms with Crippen molar-refractivity contribution in [1.82, 2.24) is 9.97 Å². The van der Waals surface area contributed by atoms with Gasteiger partial charge in [0.1, 0.15) is 11.6 Å². The third kappa shape index (κ3) is 5.24. The zero-order valence-corrected chi connectivity index (χ0v) is 13.0. The van der Waals surface area contributed by atoms with Crippen molar-refractivity contribution in [2.75, 3.05) is 17.2 Å². The number of aromatic nitrogens is 2. The molecule has 1 aromatic heterocycles. The molecule has 0 fully saturated rings. The number of anilines is 1. The monoisotopic (exact) mass is 325 g/mol. The van der Waals surface area contributed by atoms with Crippen molar-refractivity contribution >= 4 is 27.7 Å². The number of hydrogen-bond donors (Lipinski definition) is 1. The predicted octanol–water partition coefficient (Wildman–Crippen LogP) is 1.87. The predicted molar refractivity (Wildman–Crippen MR) is 82.8 cm³/mol. The van der Waals surface area contributed by atoms with Crippen molar-refractivity contribution in [2.24, 2.45) is 0 Å². The SMILES string of the molecule is Cc1cc(N)nc(SCCS(=O)(=O)Oc2ccccc2)n1. The van der Waals surface area contributed by atoms with E-state index in [2.05, 4.69) is 9.97 Å². The van der Waals surface area contributed by atoms with Gasteiger partial charge in [0.15, 0.2) is 5.16 Å². The average molecular weight is 325 g/mol. The van der Waals surface area contributed by atoms with Gasteiger partial charge < -0.3 is 9.92 Å². The summed E-state index contributed by atoms with van der Waals surface area (Å²) in [6.45, 7) is 1.80. The Morgan fingerprint density at radius 1 is 1.24 bits per heavy atom. The van der Waals surface area contributed by atoms with Crippen LogP contribution in [0.3, 0.4) is 0 Å². The first-order chi connectivity index (χ1) is 9.94. The fourth-order valence-corrected chi connectivity index (χ4v) is 3.73. The van der Waals surface area contributed by atoms with Crippen LogP contribution in [-0.4, -0.2) is 29.9 Å². The average Bonchev–Trinajstić information content (AvgIpc) is 2.37. The number of nitrogens with two attached hydrogens (primary N) is 1. The zero-order chi connectivity index (χ0) is 15.3. The summed E-state index contributed by atoms with van der Waals surface area (Å²) in [5.74, 6) is 0.828. The van der Waals surface area contributed by atoms with E-state index in [1.807, 2.05) is 0 Å². The highest BCUT2D eigenvalue weighted by atomic mass is 32.2. The molecule has 0 saturated heterocycles. The van der Waals surface area contributed by atoms with Crippen LogP contribution in [0.1, 0.15) is 5.69 Å². The van der Waals surface area contributed by atoms with E-state index < -0.39 is 10.1 Å². The molecule has 2 rings (SSSR count). The standard InChI is InChI=1S/C13H15N3O3S2/c1-10-9-12(14)16-13(15-10)20-7-8-21(17,18)19-11-5-3-2-4-6-11/h2-6,9H,7-8H2,1H3,(H2,14,15,16). The Bertz CT molecular complexity index is 686. The van der Waals surface area contributed by atoms with Crippen molar-refractivity contribution < 1.29 is 12.6 Å². The lowest BCUT2D eigenvalue weighted by Gasteiger charge is -2.06. The van der Waals surface area contributed by atoms with E-state index in [4.69, 9.17) is 9.92 Å². The van der Waals surface area contributed by atoms with Gasteiger partial charge >= 0.3 is 10.1 Å². The molecule has 1 heterocycles. The first-order valence-corrected chi connectivity index (χ1v) is 8.72. The van der Waals surface area contributed by atoms with Crippen LogP contribution < -0.4 is 9.92 Å². The lowest BCUT2D eigenvalue weighted by atomic mass is 10.3. The minimum atomic E-state index is -3.63. The van der Waals surface area contributed by atoms with Crippen LogP contribution in [0, 0.1) is 6.92 Å². The van der Waals surface area contributed by atoms with E-state index in [0.29, 0.717) is 16.7 Å². The van der Waals surface area contributed by atoms with E-state index in [1.165, 1.54) is 11.8 Å². The van der Waals surface area contributed by atoms with Crippen LogP contribution >= 0.6 is 11.8 Å². The quantitative estimate of drug-likeness (QED) is 0.492. The number of rotatable bonds is 6. The van der Waals surface area contributed by atoms with Gasteiger partial charge in [0, 0.05) is 17.5 Å². The second-order valence-electron chi connectivity index (χ2n) is 4.22. The molecule has 0 radical (unpaired) electrons. The van der Waals surface area contributed by atoms with E-state index in [9.17, 15) is 8.42 Å². The molecule has 0 atom stereocenters. The van der Waals surface area contributed by atoms with Gasteiger partial charge in [-0.1, -0.05) is 30.0 Å². The van der Waals surface area contributed by atoms with Crippen molar-refractivity contribution in [3.63, 3.8) is 0 Å². The Kier molecular flexibility index (Phi) is 5.03. The lowest BCUT2D eigenvalue weighted by Crippen LogP contribution is -2.15. The molecule has 0 aliphatic carbocycles. The number of para-hydroxylation sites is 1. The first-order valence-electron chi connectivity index (χ1n) is 6.16. The Morgan fingerprint density at radius 3 is 2.62 bits per heavy atom. The van der Waals surface area contributed by atoms with Crippen LogP contribution in [0.4, 0.5) is 5.82 Å². The highest BCUT2D eigenvalue weighted by Crippen LogP contribution is 2.17. The normalized spacial score (nSPS) is 11.3. The van der Waals surface area contributed by atoms with Gasteiger partial charge in [-0.3, -0.25) is 0 Å². The molecular formula is C13H15N3O3S2. The fraction of sp³-hybridized carbons (Fsp3) is 0.231. The van der Waals surface area contributed by atoms with Crippen LogP contribution in [0.2, 0.25) is 0 Å². The molecule has 0 aliphatic heterocycles. The van der Waals surface area contributed by atoms with Crippen LogP contribution in [0.5, 0.6) is 5.75 Å². The number of nitrogen functional groups attached to an aromatic ring is 1. The first kappa shape index (κ1) is 15.6. The van der Waals surface area contributed by atoms with E-state index in [1.54, 1.807) is 43.3 Å². The topological polar surface area (TPSA) is 95.2 Å². The maximum absolute atomic E-state index is 11.8. The smallest absolute Gasteiger partial charge is 0.310 e.